The van der Waals surface area contributed by atoms with Crippen molar-refractivity contribution in [3.63, 3.8) is 0 Å². The Morgan fingerprint density at radius 3 is 2.46 bits per heavy atom. The predicted molar refractivity (Wildman–Crippen MR) is 125 cm³/mol. The summed E-state index contributed by atoms with van der Waals surface area (Å²) in [5.74, 6) is -4.05. The summed E-state index contributed by atoms with van der Waals surface area (Å²) < 4.78 is 66.2. The van der Waals surface area contributed by atoms with Crippen LogP contribution in [0, 0.1) is 0 Å². The third-order valence-corrected chi connectivity index (χ3v) is 6.13. The molecule has 0 radical (unpaired) electrons. The van der Waals surface area contributed by atoms with E-state index in [-0.39, 0.29) is 31.8 Å². The Hall–Kier alpha value is -3.45. The summed E-state index contributed by atoms with van der Waals surface area (Å²) in [6.45, 7) is 0.184. The molecule has 2 aromatic heterocycles. The minimum absolute atomic E-state index is 0.00361. The van der Waals surface area contributed by atoms with Gasteiger partial charge in [0.25, 0.3) is 11.8 Å². The highest BCUT2D eigenvalue weighted by Gasteiger charge is 2.38. The first-order valence-corrected chi connectivity index (χ1v) is 11.6. The molecule has 3 aromatic rings. The molecule has 0 saturated carbocycles. The van der Waals surface area contributed by atoms with Gasteiger partial charge in [-0.25, -0.2) is 23.7 Å². The van der Waals surface area contributed by atoms with Gasteiger partial charge in [-0.15, -0.1) is 0 Å². The van der Waals surface area contributed by atoms with Crippen LogP contribution in [0.1, 0.15) is 40.6 Å². The van der Waals surface area contributed by atoms with Crippen LogP contribution < -0.4 is 10.6 Å². The highest BCUT2D eigenvalue weighted by molar-refractivity contribution is 6.06. The van der Waals surface area contributed by atoms with Crippen molar-refractivity contribution in [3.8, 4) is 0 Å². The van der Waals surface area contributed by atoms with Crippen LogP contribution in [0.4, 0.5) is 27.8 Å². The van der Waals surface area contributed by atoms with Crippen molar-refractivity contribution in [3.05, 3.63) is 59.7 Å². The number of pyridine rings is 1. The van der Waals surface area contributed by atoms with Gasteiger partial charge in [0.05, 0.1) is 18.2 Å². The third-order valence-electron chi connectivity index (χ3n) is 6.13. The van der Waals surface area contributed by atoms with Crippen LogP contribution in [0.25, 0.3) is 10.9 Å². The highest BCUT2D eigenvalue weighted by atomic mass is 19.4. The van der Waals surface area contributed by atoms with Crippen molar-refractivity contribution in [2.24, 2.45) is 0 Å². The highest BCUT2D eigenvalue weighted by Crippen LogP contribution is 2.33. The van der Waals surface area contributed by atoms with Gasteiger partial charge in [-0.3, -0.25) is 9.69 Å². The van der Waals surface area contributed by atoms with Crippen molar-refractivity contribution in [2.75, 3.05) is 38.1 Å². The normalized spacial score (nSPS) is 16.9. The van der Waals surface area contributed by atoms with Gasteiger partial charge in [0.15, 0.2) is 0 Å². The molecule has 1 aliphatic rings. The lowest BCUT2D eigenvalue weighted by atomic mass is 10.0. The molecule has 1 unspecified atom stereocenters. The number of amides is 1. The summed E-state index contributed by atoms with van der Waals surface area (Å²) in [7, 11) is 0. The first-order chi connectivity index (χ1) is 17.6. The second kappa shape index (κ2) is 10.9. The molecule has 8 nitrogen and oxygen atoms in total. The number of alkyl halides is 5. The first kappa shape index (κ1) is 26.6. The molecule has 0 spiro atoms. The van der Waals surface area contributed by atoms with Crippen LogP contribution in [0.15, 0.2) is 42.7 Å². The van der Waals surface area contributed by atoms with E-state index in [4.69, 9.17) is 5.11 Å². The number of benzene rings is 1. The summed E-state index contributed by atoms with van der Waals surface area (Å²) in [5, 5.41) is 15.3. The van der Waals surface area contributed by atoms with Crippen molar-refractivity contribution in [2.45, 2.75) is 31.0 Å². The molecule has 198 valence electrons. The number of nitrogens with zero attached hydrogens (tertiary/aromatic N) is 4. The zero-order valence-corrected chi connectivity index (χ0v) is 19.6. The van der Waals surface area contributed by atoms with Crippen molar-refractivity contribution >= 4 is 22.6 Å². The lowest BCUT2D eigenvalue weighted by Crippen LogP contribution is -2.45. The molecule has 1 aliphatic heterocycles. The molecule has 0 bridgehead atoms. The molecule has 3 N–H and O–H groups in total. The molecule has 0 aliphatic carbocycles. The molecular weight excluding hydrogens is 499 g/mol. The maximum absolute atomic E-state index is 13.7. The Morgan fingerprint density at radius 2 is 1.81 bits per heavy atom. The van der Waals surface area contributed by atoms with Crippen LogP contribution in [0.5, 0.6) is 0 Å². The quantitative estimate of drug-likeness (QED) is 0.387. The smallest absolute Gasteiger partial charge is 0.395 e. The standard InChI is InChI=1S/C24H25F5N6O2/c25-23(26)6-9-35(10-7-23)19(15-12-32-22(33-13-15)24(27,28)29)14-31-21(37)17-2-1-3-18-16(17)4-5-20(34-18)30-8-11-36/h1-5,12-13,19,36H,6-11,14H2,(H,30,34)(H,31,37). The Bertz CT molecular complexity index is 1230. The van der Waals surface area contributed by atoms with Crippen molar-refractivity contribution in [1.29, 1.82) is 0 Å². The van der Waals surface area contributed by atoms with E-state index in [1.165, 1.54) is 0 Å². The first-order valence-electron chi connectivity index (χ1n) is 11.6. The number of carbonyl (C=O) groups excluding carboxylic acids is 1. The topological polar surface area (TPSA) is 103 Å². The van der Waals surface area contributed by atoms with E-state index < -0.39 is 42.7 Å². The van der Waals surface area contributed by atoms with E-state index in [9.17, 15) is 26.7 Å². The molecule has 1 aromatic carbocycles. The average Bonchev–Trinajstić information content (AvgIpc) is 2.87. The Labute approximate surface area is 208 Å². The van der Waals surface area contributed by atoms with Crippen LogP contribution in [0.3, 0.4) is 0 Å². The fraction of sp³-hybridized carbons (Fsp3) is 0.417. The van der Waals surface area contributed by atoms with Gasteiger partial charge in [0, 0.05) is 67.9 Å². The number of nitrogens with one attached hydrogen (secondary N) is 2. The largest absolute Gasteiger partial charge is 0.451 e. The number of hydrogen-bond acceptors (Lipinski definition) is 7. The fourth-order valence-corrected chi connectivity index (χ4v) is 4.20. The SMILES string of the molecule is O=C(NCC(c1cnc(C(F)(F)F)nc1)N1CCC(F)(F)CC1)c1cccc2nc(NCCO)ccc12. The number of rotatable bonds is 8. The van der Waals surface area contributed by atoms with E-state index in [1.54, 1.807) is 35.2 Å². The van der Waals surface area contributed by atoms with Crippen LogP contribution >= 0.6 is 0 Å². The summed E-state index contributed by atoms with van der Waals surface area (Å²) in [6.07, 6.45) is -3.49. The van der Waals surface area contributed by atoms with Crippen LogP contribution in [-0.2, 0) is 6.18 Å². The van der Waals surface area contributed by atoms with Crippen LogP contribution in [-0.4, -0.2) is 69.6 Å². The Balaban J connectivity index is 1.54. The Kier molecular flexibility index (Phi) is 7.83. The molecular formula is C24H25F5N6O2. The number of aliphatic hydroxyl groups excluding tert-OH is 1. The molecule has 37 heavy (non-hydrogen) atoms. The molecule has 1 amide bonds. The van der Waals surface area contributed by atoms with Gasteiger partial charge in [0.2, 0.25) is 5.82 Å². The number of aromatic nitrogens is 3. The zero-order chi connectivity index (χ0) is 26.6. The van der Waals surface area contributed by atoms with Gasteiger partial charge in [-0.1, -0.05) is 6.07 Å². The third kappa shape index (κ3) is 6.46. The summed E-state index contributed by atoms with van der Waals surface area (Å²) >= 11 is 0. The lowest BCUT2D eigenvalue weighted by molar-refractivity contribution is -0.145. The van der Waals surface area contributed by atoms with Crippen molar-refractivity contribution < 1.29 is 31.9 Å². The van der Waals surface area contributed by atoms with Crippen molar-refractivity contribution in [1.82, 2.24) is 25.2 Å². The molecule has 4 rings (SSSR count). The van der Waals surface area contributed by atoms with E-state index in [1.807, 2.05) is 0 Å². The van der Waals surface area contributed by atoms with Crippen LogP contribution in [0.2, 0.25) is 0 Å². The van der Waals surface area contributed by atoms with E-state index in [0.717, 1.165) is 12.4 Å². The molecule has 1 fully saturated rings. The monoisotopic (exact) mass is 524 g/mol. The number of likely N-dealkylation sites (tertiary alicyclic amines) is 1. The number of anilines is 1. The number of aliphatic hydroxyl groups is 1. The number of hydrogen-bond donors (Lipinski definition) is 3. The van der Waals surface area contributed by atoms with Gasteiger partial charge < -0.3 is 15.7 Å². The minimum Gasteiger partial charge on any atom is -0.395 e. The van der Waals surface area contributed by atoms with Gasteiger partial charge in [-0.2, -0.15) is 13.2 Å². The molecule has 3 heterocycles. The fourth-order valence-electron chi connectivity index (χ4n) is 4.20. The van der Waals surface area contributed by atoms with E-state index in [0.29, 0.717) is 28.8 Å². The zero-order valence-electron chi connectivity index (χ0n) is 19.6. The molecule has 13 heteroatoms. The number of halogens is 5. The van der Waals surface area contributed by atoms with Gasteiger partial charge in [0.1, 0.15) is 5.82 Å². The molecule has 1 atom stereocenters. The van der Waals surface area contributed by atoms with Gasteiger partial charge >= 0.3 is 6.18 Å². The van der Waals surface area contributed by atoms with Gasteiger partial charge in [-0.05, 0) is 24.3 Å². The molecule has 1 saturated heterocycles. The lowest BCUT2D eigenvalue weighted by Gasteiger charge is -2.37. The van der Waals surface area contributed by atoms with E-state index in [2.05, 4.69) is 25.6 Å². The minimum atomic E-state index is -4.72. The second-order valence-electron chi connectivity index (χ2n) is 8.67. The predicted octanol–water partition coefficient (Wildman–Crippen LogP) is 3.65. The summed E-state index contributed by atoms with van der Waals surface area (Å²) in [6, 6.07) is 7.68. The van der Waals surface area contributed by atoms with E-state index >= 15 is 0 Å². The number of carbonyl (C=O) groups is 1. The second-order valence-corrected chi connectivity index (χ2v) is 8.67. The summed E-state index contributed by atoms with van der Waals surface area (Å²) in [5.41, 5.74) is 1.14. The average molecular weight is 524 g/mol. The maximum Gasteiger partial charge on any atom is 0.451 e. The number of fused-ring (bicyclic) bond motifs is 1. The maximum atomic E-state index is 13.7. The number of piperidine rings is 1. The Morgan fingerprint density at radius 1 is 1.11 bits per heavy atom. The summed E-state index contributed by atoms with van der Waals surface area (Å²) in [4.78, 5) is 26.0.